The van der Waals surface area contributed by atoms with E-state index in [1.165, 1.54) is 4.90 Å². The van der Waals surface area contributed by atoms with E-state index >= 15 is 0 Å². The first-order valence-corrected chi connectivity index (χ1v) is 8.02. The van der Waals surface area contributed by atoms with Crippen LogP contribution in [0.25, 0.3) is 0 Å². The van der Waals surface area contributed by atoms with Gasteiger partial charge < -0.3 is 14.7 Å². The molecule has 0 saturated carbocycles. The summed E-state index contributed by atoms with van der Waals surface area (Å²) in [5, 5.41) is 9.50. The Morgan fingerprint density at radius 1 is 1.12 bits per heavy atom. The standard InChI is InChI=1S/C19H20FNO3/c20-16-12-21(13-17(16)22)19(23)15-8-4-5-9-18(15)24-11-10-14-6-2-1-3-7-14/h1-9,16-17,22H,10-13H2/t16-,17-/m1/s1. The van der Waals surface area contributed by atoms with Gasteiger partial charge in [0.15, 0.2) is 0 Å². The van der Waals surface area contributed by atoms with E-state index in [0.717, 1.165) is 12.0 Å². The number of halogens is 1. The lowest BCUT2D eigenvalue weighted by Crippen LogP contribution is -2.30. The zero-order valence-electron chi connectivity index (χ0n) is 13.3. The predicted octanol–water partition coefficient (Wildman–Crippen LogP) is 2.46. The maximum atomic E-state index is 13.5. The number of alkyl halides is 1. The van der Waals surface area contributed by atoms with Crippen LogP contribution in [0.1, 0.15) is 15.9 Å². The van der Waals surface area contributed by atoms with Gasteiger partial charge in [-0.1, -0.05) is 42.5 Å². The Morgan fingerprint density at radius 2 is 1.83 bits per heavy atom. The van der Waals surface area contributed by atoms with Gasteiger partial charge in [0.05, 0.1) is 18.7 Å². The third-order valence-electron chi connectivity index (χ3n) is 4.12. The maximum Gasteiger partial charge on any atom is 0.257 e. The van der Waals surface area contributed by atoms with E-state index in [4.69, 9.17) is 4.74 Å². The Kier molecular flexibility index (Phi) is 5.11. The Bertz CT molecular complexity index is 682. The van der Waals surface area contributed by atoms with Gasteiger partial charge in [0.1, 0.15) is 18.0 Å². The second kappa shape index (κ2) is 7.45. The molecular formula is C19H20FNO3. The number of amides is 1. The average molecular weight is 329 g/mol. The lowest BCUT2D eigenvalue weighted by atomic mass is 10.1. The van der Waals surface area contributed by atoms with Crippen LogP contribution in [0.3, 0.4) is 0 Å². The summed E-state index contributed by atoms with van der Waals surface area (Å²) in [5.74, 6) is 0.166. The molecule has 0 bridgehead atoms. The molecule has 0 spiro atoms. The highest BCUT2D eigenvalue weighted by Gasteiger charge is 2.35. The molecule has 1 aliphatic heterocycles. The fraction of sp³-hybridized carbons (Fsp3) is 0.316. The van der Waals surface area contributed by atoms with E-state index in [9.17, 15) is 14.3 Å². The zero-order chi connectivity index (χ0) is 16.9. The molecule has 4 nitrogen and oxygen atoms in total. The Labute approximate surface area is 140 Å². The molecule has 0 radical (unpaired) electrons. The van der Waals surface area contributed by atoms with Gasteiger partial charge in [-0.2, -0.15) is 0 Å². The fourth-order valence-corrected chi connectivity index (χ4v) is 2.78. The third-order valence-corrected chi connectivity index (χ3v) is 4.12. The van der Waals surface area contributed by atoms with E-state index < -0.39 is 12.3 Å². The van der Waals surface area contributed by atoms with Crippen LogP contribution in [0.4, 0.5) is 4.39 Å². The molecule has 2 atom stereocenters. The summed E-state index contributed by atoms with van der Waals surface area (Å²) in [4.78, 5) is 13.9. The number of hydrogen-bond acceptors (Lipinski definition) is 3. The fourth-order valence-electron chi connectivity index (χ4n) is 2.78. The third kappa shape index (κ3) is 3.74. The van der Waals surface area contributed by atoms with Crippen LogP contribution in [0.2, 0.25) is 0 Å². The minimum atomic E-state index is -1.39. The Morgan fingerprint density at radius 3 is 2.54 bits per heavy atom. The van der Waals surface area contributed by atoms with Crippen molar-refractivity contribution >= 4 is 5.91 Å². The molecule has 1 fully saturated rings. The molecule has 5 heteroatoms. The lowest BCUT2D eigenvalue weighted by Gasteiger charge is -2.17. The van der Waals surface area contributed by atoms with Gasteiger partial charge in [-0.05, 0) is 17.7 Å². The normalized spacial score (nSPS) is 20.2. The smallest absolute Gasteiger partial charge is 0.257 e. The van der Waals surface area contributed by atoms with Gasteiger partial charge in [-0.25, -0.2) is 4.39 Å². The number of β-amino-alcohol motifs (C(OH)–C–C–N with tert-alkyl or cyclic N) is 1. The van der Waals surface area contributed by atoms with Crippen LogP contribution in [-0.2, 0) is 6.42 Å². The van der Waals surface area contributed by atoms with Crippen LogP contribution in [0, 0.1) is 0 Å². The van der Waals surface area contributed by atoms with E-state index in [-0.39, 0.29) is 19.0 Å². The van der Waals surface area contributed by atoms with Crippen molar-refractivity contribution in [3.63, 3.8) is 0 Å². The van der Waals surface area contributed by atoms with Gasteiger partial charge >= 0.3 is 0 Å². The van der Waals surface area contributed by atoms with Gasteiger partial charge in [-0.3, -0.25) is 4.79 Å². The van der Waals surface area contributed by atoms with Crippen molar-refractivity contribution < 1.29 is 19.0 Å². The highest BCUT2D eigenvalue weighted by atomic mass is 19.1. The van der Waals surface area contributed by atoms with E-state index in [2.05, 4.69) is 0 Å². The van der Waals surface area contributed by atoms with Crippen LogP contribution < -0.4 is 4.74 Å². The minimum Gasteiger partial charge on any atom is -0.492 e. The first-order chi connectivity index (χ1) is 11.6. The number of carbonyl (C=O) groups is 1. The van der Waals surface area contributed by atoms with Crippen LogP contribution >= 0.6 is 0 Å². The summed E-state index contributed by atoms with van der Waals surface area (Å²) in [7, 11) is 0. The van der Waals surface area contributed by atoms with Crippen molar-refractivity contribution in [3.8, 4) is 5.75 Å². The summed E-state index contributed by atoms with van der Waals surface area (Å²) < 4.78 is 19.2. The number of nitrogens with zero attached hydrogens (tertiary/aromatic N) is 1. The molecule has 0 aromatic heterocycles. The monoisotopic (exact) mass is 329 g/mol. The first-order valence-electron chi connectivity index (χ1n) is 8.02. The molecule has 1 aliphatic rings. The van der Waals surface area contributed by atoms with Gasteiger partial charge in [-0.15, -0.1) is 0 Å². The van der Waals surface area contributed by atoms with Crippen molar-refractivity contribution in [1.29, 1.82) is 0 Å². The van der Waals surface area contributed by atoms with Crippen LogP contribution in [0.15, 0.2) is 54.6 Å². The predicted molar refractivity (Wildman–Crippen MR) is 88.9 cm³/mol. The topological polar surface area (TPSA) is 49.8 Å². The van der Waals surface area contributed by atoms with E-state index in [1.54, 1.807) is 24.3 Å². The second-order valence-electron chi connectivity index (χ2n) is 5.87. The number of benzene rings is 2. The zero-order valence-corrected chi connectivity index (χ0v) is 13.3. The number of rotatable bonds is 5. The number of ether oxygens (including phenoxy) is 1. The second-order valence-corrected chi connectivity index (χ2v) is 5.87. The molecule has 0 unspecified atom stereocenters. The maximum absolute atomic E-state index is 13.5. The molecule has 3 rings (SSSR count). The quantitative estimate of drug-likeness (QED) is 0.917. The number of aliphatic hydroxyl groups excluding tert-OH is 1. The van der Waals surface area contributed by atoms with Crippen molar-refractivity contribution in [2.45, 2.75) is 18.7 Å². The van der Waals surface area contributed by atoms with E-state index in [1.807, 2.05) is 30.3 Å². The first kappa shape index (κ1) is 16.5. The molecule has 1 amide bonds. The molecule has 1 N–H and O–H groups in total. The van der Waals surface area contributed by atoms with Crippen molar-refractivity contribution in [3.05, 3.63) is 65.7 Å². The SMILES string of the molecule is O=C(c1ccccc1OCCc1ccccc1)N1C[C@@H](O)[C@H](F)C1. The van der Waals surface area contributed by atoms with Crippen molar-refractivity contribution in [2.75, 3.05) is 19.7 Å². The summed E-state index contributed by atoms with van der Waals surface area (Å²) in [5.41, 5.74) is 1.55. The van der Waals surface area contributed by atoms with Crippen LogP contribution in [0.5, 0.6) is 5.75 Å². The molecule has 1 saturated heterocycles. The molecule has 2 aromatic rings. The van der Waals surface area contributed by atoms with Gasteiger partial charge in [0.25, 0.3) is 5.91 Å². The highest BCUT2D eigenvalue weighted by molar-refractivity contribution is 5.97. The number of hydrogen-bond donors (Lipinski definition) is 1. The number of likely N-dealkylation sites (tertiary alicyclic amines) is 1. The molecule has 1 heterocycles. The summed E-state index contributed by atoms with van der Waals surface area (Å²) in [6, 6.07) is 16.9. The summed E-state index contributed by atoms with van der Waals surface area (Å²) in [6.45, 7) is 0.374. The number of carbonyl (C=O) groups excluding carboxylic acids is 1. The Hall–Kier alpha value is -2.40. The van der Waals surface area contributed by atoms with Gasteiger partial charge in [0.2, 0.25) is 0 Å². The molecule has 126 valence electrons. The highest BCUT2D eigenvalue weighted by Crippen LogP contribution is 2.23. The summed E-state index contributed by atoms with van der Waals surface area (Å²) >= 11 is 0. The largest absolute Gasteiger partial charge is 0.492 e. The molecule has 24 heavy (non-hydrogen) atoms. The lowest BCUT2D eigenvalue weighted by molar-refractivity contribution is 0.0760. The van der Waals surface area contributed by atoms with Gasteiger partial charge in [0, 0.05) is 13.0 Å². The Balaban J connectivity index is 1.65. The summed E-state index contributed by atoms with van der Waals surface area (Å²) in [6.07, 6.45) is -1.77. The number of aliphatic hydroxyl groups is 1. The van der Waals surface area contributed by atoms with Crippen molar-refractivity contribution in [1.82, 2.24) is 4.90 Å². The molecule has 2 aromatic carbocycles. The average Bonchev–Trinajstić information content (AvgIpc) is 2.95. The van der Waals surface area contributed by atoms with E-state index in [0.29, 0.717) is 17.9 Å². The molecular weight excluding hydrogens is 309 g/mol. The van der Waals surface area contributed by atoms with Crippen LogP contribution in [-0.4, -0.2) is 47.9 Å². The number of para-hydroxylation sites is 1. The minimum absolute atomic E-state index is 0.0123. The molecule has 0 aliphatic carbocycles. The van der Waals surface area contributed by atoms with Crippen molar-refractivity contribution in [2.24, 2.45) is 0 Å².